The van der Waals surface area contributed by atoms with Gasteiger partial charge in [0.05, 0.1) is 0 Å². The lowest BCUT2D eigenvalue weighted by Gasteiger charge is -2.08. The van der Waals surface area contributed by atoms with Crippen LogP contribution in [-0.4, -0.2) is 0 Å². The van der Waals surface area contributed by atoms with E-state index in [1.54, 1.807) is 0 Å². The molecule has 2 nitrogen and oxygen atoms in total. The molecule has 0 radical (unpaired) electrons. The zero-order valence-electron chi connectivity index (χ0n) is 8.78. The molecule has 0 saturated heterocycles. The van der Waals surface area contributed by atoms with Gasteiger partial charge in [0.1, 0.15) is 0 Å². The number of hydrazine groups is 1. The minimum Gasteiger partial charge on any atom is -0.321 e. The van der Waals surface area contributed by atoms with E-state index >= 15 is 0 Å². The van der Waals surface area contributed by atoms with Crippen molar-refractivity contribution in [2.75, 3.05) is 5.43 Å². The Balaban J connectivity index is 1.82. The molecule has 2 aromatic rings. The van der Waals surface area contributed by atoms with E-state index < -0.39 is 0 Å². The van der Waals surface area contributed by atoms with E-state index in [0.717, 1.165) is 12.2 Å². The first-order valence-electron chi connectivity index (χ1n) is 5.13. The molecule has 3 heteroatoms. The van der Waals surface area contributed by atoms with Crippen LogP contribution in [0.5, 0.6) is 0 Å². The lowest BCUT2D eigenvalue weighted by molar-refractivity contribution is 0.801. The van der Waals surface area contributed by atoms with Gasteiger partial charge >= 0.3 is 0 Å². The first kappa shape index (κ1) is 11.4. The van der Waals surface area contributed by atoms with Crippen molar-refractivity contribution in [3.05, 3.63) is 63.7 Å². The van der Waals surface area contributed by atoms with Crippen LogP contribution in [0.4, 0.5) is 5.69 Å². The second-order valence-corrected chi connectivity index (χ2v) is 4.72. The predicted octanol–water partition coefficient (Wildman–Crippen LogP) is 3.41. The molecule has 0 aliphatic carbocycles. The molecule has 0 unspecified atom stereocenters. The normalized spacial score (nSPS) is 10.1. The fraction of sp³-hybridized carbons (Fsp3) is 0.0769. The van der Waals surface area contributed by atoms with Crippen molar-refractivity contribution >= 4 is 28.3 Å². The van der Waals surface area contributed by atoms with Crippen LogP contribution in [0.1, 0.15) is 5.56 Å². The number of hydrogen-bond acceptors (Lipinski definition) is 2. The fourth-order valence-corrected chi connectivity index (χ4v) is 1.73. The van der Waals surface area contributed by atoms with Crippen LogP contribution in [0.2, 0.25) is 0 Å². The molecule has 0 aliphatic rings. The molecule has 0 aromatic heterocycles. The van der Waals surface area contributed by atoms with E-state index in [-0.39, 0.29) is 0 Å². The van der Waals surface area contributed by atoms with Gasteiger partial charge in [-0.05, 0) is 52.4 Å². The highest BCUT2D eigenvalue weighted by Gasteiger charge is 1.92. The Morgan fingerprint density at radius 1 is 0.875 bits per heavy atom. The average Bonchev–Trinajstić information content (AvgIpc) is 2.33. The van der Waals surface area contributed by atoms with Crippen molar-refractivity contribution in [2.45, 2.75) is 6.54 Å². The Morgan fingerprint density at radius 2 is 1.56 bits per heavy atom. The third kappa shape index (κ3) is 3.50. The van der Waals surface area contributed by atoms with Crippen molar-refractivity contribution in [1.82, 2.24) is 5.43 Å². The third-order valence-corrected chi connectivity index (χ3v) is 2.93. The van der Waals surface area contributed by atoms with Gasteiger partial charge in [-0.1, -0.05) is 30.3 Å². The highest BCUT2D eigenvalue weighted by molar-refractivity contribution is 14.1. The first-order chi connectivity index (χ1) is 7.84. The summed E-state index contributed by atoms with van der Waals surface area (Å²) < 4.78 is 1.26. The third-order valence-electron chi connectivity index (χ3n) is 2.21. The molecule has 0 amide bonds. The van der Waals surface area contributed by atoms with Crippen molar-refractivity contribution < 1.29 is 0 Å². The number of hydrogen-bond donors (Lipinski definition) is 2. The molecule has 0 fully saturated rings. The maximum Gasteiger partial charge on any atom is 0.0487 e. The van der Waals surface area contributed by atoms with Crippen LogP contribution >= 0.6 is 22.6 Å². The van der Waals surface area contributed by atoms with Gasteiger partial charge in [-0.25, -0.2) is 5.43 Å². The number of benzene rings is 2. The van der Waals surface area contributed by atoms with Crippen LogP contribution in [0.3, 0.4) is 0 Å². The summed E-state index contributed by atoms with van der Waals surface area (Å²) in [6, 6.07) is 18.6. The van der Waals surface area contributed by atoms with Gasteiger partial charge in [-0.2, -0.15) is 0 Å². The Labute approximate surface area is 109 Å². The summed E-state index contributed by atoms with van der Waals surface area (Å²) in [5.41, 5.74) is 8.69. The Kier molecular flexibility index (Phi) is 4.18. The maximum atomic E-state index is 3.18. The number of halogens is 1. The van der Waals surface area contributed by atoms with Gasteiger partial charge in [0, 0.05) is 15.8 Å². The number of anilines is 1. The van der Waals surface area contributed by atoms with Crippen molar-refractivity contribution in [1.29, 1.82) is 0 Å². The topological polar surface area (TPSA) is 24.1 Å². The second-order valence-electron chi connectivity index (χ2n) is 3.47. The molecule has 0 bridgehead atoms. The van der Waals surface area contributed by atoms with Crippen LogP contribution in [-0.2, 0) is 6.54 Å². The summed E-state index contributed by atoms with van der Waals surface area (Å²) in [7, 11) is 0. The number of nitrogens with one attached hydrogen (secondary N) is 2. The average molecular weight is 324 g/mol. The molecule has 0 heterocycles. The zero-order chi connectivity index (χ0) is 11.2. The maximum absolute atomic E-state index is 3.18. The molecule has 2 N–H and O–H groups in total. The molecular formula is C13H13IN2. The van der Waals surface area contributed by atoms with Crippen molar-refractivity contribution in [2.24, 2.45) is 0 Å². The molecule has 0 atom stereocenters. The largest absolute Gasteiger partial charge is 0.321 e. The van der Waals surface area contributed by atoms with Gasteiger partial charge in [0.2, 0.25) is 0 Å². The zero-order valence-corrected chi connectivity index (χ0v) is 10.9. The Hall–Kier alpha value is -1.07. The lowest BCUT2D eigenvalue weighted by Crippen LogP contribution is -2.20. The first-order valence-corrected chi connectivity index (χ1v) is 6.21. The summed E-state index contributed by atoms with van der Waals surface area (Å²) >= 11 is 2.31. The fourth-order valence-electron chi connectivity index (χ4n) is 1.37. The standard InChI is InChI=1S/C13H13IN2/c14-12-8-6-11(7-9-12)10-15-16-13-4-2-1-3-5-13/h1-9,15-16H,10H2. The number of rotatable bonds is 4. The Bertz CT molecular complexity index is 425. The van der Waals surface area contributed by atoms with Crippen LogP contribution in [0.25, 0.3) is 0 Å². The van der Waals surface area contributed by atoms with E-state index in [4.69, 9.17) is 0 Å². The minimum absolute atomic E-state index is 0.811. The smallest absolute Gasteiger partial charge is 0.0487 e. The molecule has 0 spiro atoms. The summed E-state index contributed by atoms with van der Waals surface area (Å²) in [4.78, 5) is 0. The highest BCUT2D eigenvalue weighted by Crippen LogP contribution is 2.07. The quantitative estimate of drug-likeness (QED) is 0.665. The predicted molar refractivity (Wildman–Crippen MR) is 76.1 cm³/mol. The van der Waals surface area contributed by atoms with Gasteiger partial charge in [-0.15, -0.1) is 0 Å². The molecular weight excluding hydrogens is 311 g/mol. The molecule has 2 rings (SSSR count). The van der Waals surface area contributed by atoms with E-state index in [0.29, 0.717) is 0 Å². The molecule has 0 aliphatic heterocycles. The summed E-state index contributed by atoms with van der Waals surface area (Å²) in [5.74, 6) is 0. The van der Waals surface area contributed by atoms with Crippen molar-refractivity contribution in [3.63, 3.8) is 0 Å². The van der Waals surface area contributed by atoms with Crippen LogP contribution in [0.15, 0.2) is 54.6 Å². The van der Waals surface area contributed by atoms with Gasteiger partial charge in [0.25, 0.3) is 0 Å². The SMILES string of the molecule is Ic1ccc(CNNc2ccccc2)cc1. The minimum atomic E-state index is 0.811. The summed E-state index contributed by atoms with van der Waals surface area (Å²) in [6.07, 6.45) is 0. The second kappa shape index (κ2) is 5.86. The van der Waals surface area contributed by atoms with Crippen molar-refractivity contribution in [3.8, 4) is 0 Å². The highest BCUT2D eigenvalue weighted by atomic mass is 127. The lowest BCUT2D eigenvalue weighted by atomic mass is 10.2. The summed E-state index contributed by atoms with van der Waals surface area (Å²) in [5, 5.41) is 0. The van der Waals surface area contributed by atoms with Crippen LogP contribution in [0, 0.1) is 3.57 Å². The van der Waals surface area contributed by atoms with E-state index in [9.17, 15) is 0 Å². The summed E-state index contributed by atoms with van der Waals surface area (Å²) in [6.45, 7) is 0.811. The number of para-hydroxylation sites is 1. The Morgan fingerprint density at radius 3 is 2.25 bits per heavy atom. The molecule has 2 aromatic carbocycles. The molecule has 16 heavy (non-hydrogen) atoms. The van der Waals surface area contributed by atoms with Gasteiger partial charge in [-0.3, -0.25) is 0 Å². The molecule has 82 valence electrons. The monoisotopic (exact) mass is 324 g/mol. The van der Waals surface area contributed by atoms with E-state index in [2.05, 4.69) is 57.7 Å². The van der Waals surface area contributed by atoms with Crippen LogP contribution < -0.4 is 10.9 Å². The van der Waals surface area contributed by atoms with Gasteiger partial charge < -0.3 is 5.43 Å². The van der Waals surface area contributed by atoms with E-state index in [1.165, 1.54) is 9.13 Å². The van der Waals surface area contributed by atoms with Gasteiger partial charge in [0.15, 0.2) is 0 Å². The molecule has 0 saturated carbocycles. The van der Waals surface area contributed by atoms with E-state index in [1.807, 2.05) is 30.3 Å².